The summed E-state index contributed by atoms with van der Waals surface area (Å²) in [7, 11) is 0. The third kappa shape index (κ3) is 5.61. The minimum atomic E-state index is -1.32. The fourth-order valence-electron chi connectivity index (χ4n) is 1.52. The van der Waals surface area contributed by atoms with Gasteiger partial charge in [-0.3, -0.25) is 4.79 Å². The van der Waals surface area contributed by atoms with Crippen LogP contribution < -0.4 is 10.6 Å². The van der Waals surface area contributed by atoms with E-state index in [0.717, 1.165) is 0 Å². The second-order valence-corrected chi connectivity index (χ2v) is 4.11. The average molecular weight is 291 g/mol. The molecule has 1 atom stereocenters. The van der Waals surface area contributed by atoms with Gasteiger partial charge in [0.15, 0.2) is 0 Å². The second-order valence-electron chi connectivity index (χ2n) is 4.11. The van der Waals surface area contributed by atoms with Crippen LogP contribution in [-0.2, 0) is 9.59 Å². The monoisotopic (exact) mass is 291 g/mol. The molecule has 0 aliphatic heterocycles. The van der Waals surface area contributed by atoms with Crippen LogP contribution in [0, 0.1) is 11.3 Å². The molecule has 4 N–H and O–H groups in total. The maximum atomic E-state index is 11.7. The number of nitrogens with zero attached hydrogens (tertiary/aromatic N) is 1. The summed E-state index contributed by atoms with van der Waals surface area (Å²) in [6.45, 7) is 0. The molecule has 0 heterocycles. The number of aliphatic carboxylic acids is 2. The number of urea groups is 1. The minimum Gasteiger partial charge on any atom is -0.481 e. The lowest BCUT2D eigenvalue weighted by atomic mass is 10.1. The van der Waals surface area contributed by atoms with Gasteiger partial charge in [-0.15, -0.1) is 0 Å². The maximum absolute atomic E-state index is 11.7. The molecule has 1 rings (SSSR count). The Morgan fingerprint density at radius 2 is 2.00 bits per heavy atom. The highest BCUT2D eigenvalue weighted by Gasteiger charge is 2.20. The molecular formula is C13H13N3O5. The highest BCUT2D eigenvalue weighted by molar-refractivity contribution is 5.92. The fourth-order valence-corrected chi connectivity index (χ4v) is 1.52. The van der Waals surface area contributed by atoms with Crippen molar-refractivity contribution in [3.8, 4) is 6.07 Å². The van der Waals surface area contributed by atoms with Gasteiger partial charge < -0.3 is 20.8 Å². The van der Waals surface area contributed by atoms with Crippen molar-refractivity contribution < 1.29 is 24.6 Å². The highest BCUT2D eigenvalue weighted by Crippen LogP contribution is 2.09. The van der Waals surface area contributed by atoms with E-state index in [4.69, 9.17) is 15.5 Å². The summed E-state index contributed by atoms with van der Waals surface area (Å²) >= 11 is 0. The number of rotatable bonds is 6. The summed E-state index contributed by atoms with van der Waals surface area (Å²) in [6, 6.07) is 5.88. The van der Waals surface area contributed by atoms with Crippen LogP contribution in [0.3, 0.4) is 0 Å². The highest BCUT2D eigenvalue weighted by atomic mass is 16.4. The van der Waals surface area contributed by atoms with Crippen molar-refractivity contribution >= 4 is 23.7 Å². The largest absolute Gasteiger partial charge is 0.481 e. The van der Waals surface area contributed by atoms with E-state index in [2.05, 4.69) is 10.6 Å². The van der Waals surface area contributed by atoms with Crippen molar-refractivity contribution in [2.24, 2.45) is 0 Å². The number of nitriles is 1. The van der Waals surface area contributed by atoms with E-state index in [1.54, 1.807) is 12.1 Å². The van der Waals surface area contributed by atoms with Gasteiger partial charge in [0, 0.05) is 12.1 Å². The minimum absolute atomic E-state index is 0.226. The average Bonchev–Trinajstić information content (AvgIpc) is 2.43. The first kappa shape index (κ1) is 16.0. The Morgan fingerprint density at radius 1 is 1.29 bits per heavy atom. The number of carbonyl (C=O) groups is 3. The molecule has 0 spiro atoms. The smallest absolute Gasteiger partial charge is 0.326 e. The van der Waals surface area contributed by atoms with Gasteiger partial charge in [-0.25, -0.2) is 9.59 Å². The molecule has 0 aliphatic rings. The quantitative estimate of drug-likeness (QED) is 0.616. The predicted molar refractivity (Wildman–Crippen MR) is 71.6 cm³/mol. The fraction of sp³-hybridized carbons (Fsp3) is 0.231. The Hall–Kier alpha value is -3.08. The van der Waals surface area contributed by atoms with Gasteiger partial charge in [0.05, 0.1) is 11.6 Å². The van der Waals surface area contributed by atoms with Gasteiger partial charge in [-0.05, 0) is 24.6 Å². The Morgan fingerprint density at radius 3 is 2.57 bits per heavy atom. The van der Waals surface area contributed by atoms with Gasteiger partial charge in [-0.1, -0.05) is 6.07 Å². The molecule has 8 nitrogen and oxygen atoms in total. The lowest BCUT2D eigenvalue weighted by Gasteiger charge is -2.14. The van der Waals surface area contributed by atoms with Crippen LogP contribution in [0.1, 0.15) is 18.4 Å². The van der Waals surface area contributed by atoms with Gasteiger partial charge in [0.2, 0.25) is 0 Å². The van der Waals surface area contributed by atoms with E-state index < -0.39 is 24.0 Å². The number of hydrogen-bond acceptors (Lipinski definition) is 4. The number of amides is 2. The summed E-state index contributed by atoms with van der Waals surface area (Å²) in [4.78, 5) is 33.0. The number of hydrogen-bond donors (Lipinski definition) is 4. The molecular weight excluding hydrogens is 278 g/mol. The Kier molecular flexibility index (Phi) is 5.70. The molecule has 0 aliphatic carbocycles. The molecule has 0 saturated carbocycles. The molecule has 8 heteroatoms. The maximum Gasteiger partial charge on any atom is 0.326 e. The van der Waals surface area contributed by atoms with Gasteiger partial charge >= 0.3 is 18.0 Å². The number of benzene rings is 1. The van der Waals surface area contributed by atoms with Crippen LogP contribution in [-0.4, -0.2) is 34.2 Å². The topological polar surface area (TPSA) is 140 Å². The molecule has 0 bridgehead atoms. The van der Waals surface area contributed by atoms with E-state index in [0.29, 0.717) is 11.3 Å². The van der Waals surface area contributed by atoms with Crippen LogP contribution in [0.5, 0.6) is 0 Å². The normalized spacial score (nSPS) is 11.0. The van der Waals surface area contributed by atoms with Crippen LogP contribution >= 0.6 is 0 Å². The number of nitrogens with one attached hydrogen (secondary N) is 2. The number of anilines is 1. The molecule has 110 valence electrons. The summed E-state index contributed by atoms with van der Waals surface area (Å²) in [5.41, 5.74) is 0.669. The Bertz CT molecular complexity index is 594. The summed E-state index contributed by atoms with van der Waals surface area (Å²) in [5, 5.41) is 30.7. The van der Waals surface area contributed by atoms with Gasteiger partial charge in [0.25, 0.3) is 0 Å². The van der Waals surface area contributed by atoms with Crippen LogP contribution in [0.4, 0.5) is 10.5 Å². The number of carboxylic acid groups (broad SMARTS) is 2. The second kappa shape index (κ2) is 7.49. The first-order chi connectivity index (χ1) is 9.92. The van der Waals surface area contributed by atoms with Crippen molar-refractivity contribution in [3.05, 3.63) is 29.8 Å². The first-order valence-corrected chi connectivity index (χ1v) is 5.94. The zero-order valence-electron chi connectivity index (χ0n) is 10.9. The van der Waals surface area contributed by atoms with Crippen LogP contribution in [0.2, 0.25) is 0 Å². The van der Waals surface area contributed by atoms with E-state index in [-0.39, 0.29) is 12.8 Å². The zero-order valence-corrected chi connectivity index (χ0v) is 10.9. The molecule has 1 aromatic rings. The molecule has 2 amide bonds. The van der Waals surface area contributed by atoms with Crippen molar-refractivity contribution in [1.29, 1.82) is 5.26 Å². The molecule has 1 aromatic carbocycles. The van der Waals surface area contributed by atoms with Crippen molar-refractivity contribution in [2.45, 2.75) is 18.9 Å². The third-order valence-electron chi connectivity index (χ3n) is 2.50. The van der Waals surface area contributed by atoms with E-state index in [9.17, 15) is 14.4 Å². The van der Waals surface area contributed by atoms with Crippen molar-refractivity contribution in [2.75, 3.05) is 5.32 Å². The molecule has 0 fully saturated rings. The van der Waals surface area contributed by atoms with Crippen molar-refractivity contribution in [3.63, 3.8) is 0 Å². The van der Waals surface area contributed by atoms with Crippen LogP contribution in [0.25, 0.3) is 0 Å². The summed E-state index contributed by atoms with van der Waals surface area (Å²) in [5.74, 6) is -2.47. The number of carbonyl (C=O) groups excluding carboxylic acids is 1. The summed E-state index contributed by atoms with van der Waals surface area (Å²) in [6.07, 6.45) is -0.600. The standard InChI is InChI=1S/C13H13N3O5/c14-7-8-2-1-3-9(6-8)15-13(21)16-10(12(19)20)4-5-11(17)18/h1-3,6,10H,4-5H2,(H,17,18)(H,19,20)(H2,15,16,21)/t10-/m0/s1. The van der Waals surface area contributed by atoms with Crippen molar-refractivity contribution in [1.82, 2.24) is 5.32 Å². The van der Waals surface area contributed by atoms with E-state index in [1.165, 1.54) is 12.1 Å². The SMILES string of the molecule is N#Cc1cccc(NC(=O)N[C@@H](CCC(=O)O)C(=O)O)c1. The molecule has 21 heavy (non-hydrogen) atoms. The Balaban J connectivity index is 2.63. The lowest BCUT2D eigenvalue weighted by Crippen LogP contribution is -2.43. The Labute approximate surface area is 120 Å². The van der Waals surface area contributed by atoms with E-state index in [1.807, 2.05) is 6.07 Å². The number of carboxylic acids is 2. The third-order valence-corrected chi connectivity index (χ3v) is 2.50. The lowest BCUT2D eigenvalue weighted by molar-refractivity contribution is -0.140. The molecule has 0 aromatic heterocycles. The molecule has 0 radical (unpaired) electrons. The zero-order chi connectivity index (χ0) is 15.8. The molecule has 0 saturated heterocycles. The first-order valence-electron chi connectivity index (χ1n) is 5.94. The van der Waals surface area contributed by atoms with E-state index >= 15 is 0 Å². The van der Waals surface area contributed by atoms with Gasteiger partial charge in [0.1, 0.15) is 6.04 Å². The predicted octanol–water partition coefficient (Wildman–Crippen LogP) is 0.998. The summed E-state index contributed by atoms with van der Waals surface area (Å²) < 4.78 is 0. The molecule has 0 unspecified atom stereocenters. The van der Waals surface area contributed by atoms with Crippen LogP contribution in [0.15, 0.2) is 24.3 Å². The van der Waals surface area contributed by atoms with Gasteiger partial charge in [-0.2, -0.15) is 5.26 Å².